The van der Waals surface area contributed by atoms with Crippen molar-refractivity contribution < 1.29 is 27.4 Å². The molecule has 3 rings (SSSR count). The lowest BCUT2D eigenvalue weighted by atomic mass is 10.1. The fourth-order valence-corrected chi connectivity index (χ4v) is 3.06. The van der Waals surface area contributed by atoms with Crippen molar-refractivity contribution in [1.29, 1.82) is 0 Å². The molecule has 0 saturated heterocycles. The number of ether oxygens (including phenoxy) is 2. The summed E-state index contributed by atoms with van der Waals surface area (Å²) in [5.74, 6) is 1.38. The molecule has 0 aliphatic heterocycles. The number of aromatic amines is 1. The Morgan fingerprint density at radius 1 is 1.15 bits per heavy atom. The maximum atomic E-state index is 12.6. The van der Waals surface area contributed by atoms with Crippen LogP contribution in [-0.2, 0) is 11.2 Å². The minimum absolute atomic E-state index is 0.00998. The molecule has 0 aliphatic rings. The fraction of sp³-hybridized carbons (Fsp3) is 0.348. The molecule has 1 aromatic heterocycles. The normalized spacial score (nSPS) is 11.5. The first kappa shape index (κ1) is 24.1. The predicted molar refractivity (Wildman–Crippen MR) is 117 cm³/mol. The van der Waals surface area contributed by atoms with Crippen molar-refractivity contribution in [3.05, 3.63) is 53.9 Å². The molecule has 0 saturated carbocycles. The standard InChI is InChI=1S/C23H25F3N4O3/c1-14(2)21-28-22(30-29-21)16-6-4-5-7-17(16)27-20(31)11-9-15-8-10-18(19(12-15)32-3)33-13-23(24,25)26/h4-8,10,12,14H,9,11,13H2,1-3H3,(H,27,31)(H,28,29,30). The largest absolute Gasteiger partial charge is 0.493 e. The minimum atomic E-state index is -4.44. The maximum absolute atomic E-state index is 12.6. The van der Waals surface area contributed by atoms with Crippen LogP contribution in [0.4, 0.5) is 18.9 Å². The predicted octanol–water partition coefficient (Wildman–Crippen LogP) is 5.12. The Hall–Kier alpha value is -3.56. The third-order valence-corrected chi connectivity index (χ3v) is 4.75. The van der Waals surface area contributed by atoms with E-state index in [2.05, 4.69) is 20.5 Å². The number of aryl methyl sites for hydroxylation is 1. The van der Waals surface area contributed by atoms with Crippen LogP contribution in [0.1, 0.15) is 37.6 Å². The Morgan fingerprint density at radius 2 is 1.91 bits per heavy atom. The van der Waals surface area contributed by atoms with E-state index in [0.29, 0.717) is 23.5 Å². The zero-order valence-corrected chi connectivity index (χ0v) is 18.5. The number of anilines is 1. The summed E-state index contributed by atoms with van der Waals surface area (Å²) in [6.07, 6.45) is -3.92. The number of nitrogens with zero attached hydrogens (tertiary/aromatic N) is 2. The number of methoxy groups -OCH3 is 1. The van der Waals surface area contributed by atoms with E-state index in [-0.39, 0.29) is 29.7 Å². The molecule has 10 heteroatoms. The molecule has 7 nitrogen and oxygen atoms in total. The van der Waals surface area contributed by atoms with Crippen LogP contribution in [0.5, 0.6) is 11.5 Å². The summed E-state index contributed by atoms with van der Waals surface area (Å²) in [7, 11) is 1.34. The maximum Gasteiger partial charge on any atom is 0.422 e. The average molecular weight is 462 g/mol. The number of rotatable bonds is 9. The number of hydrogen-bond donors (Lipinski definition) is 2. The van der Waals surface area contributed by atoms with Crippen LogP contribution in [0.3, 0.4) is 0 Å². The SMILES string of the molecule is COc1cc(CCC(=O)Nc2ccccc2-c2n[nH]c(C(C)C)n2)ccc1OCC(F)(F)F. The number of amides is 1. The Morgan fingerprint density at radius 3 is 2.58 bits per heavy atom. The summed E-state index contributed by atoms with van der Waals surface area (Å²) in [6, 6.07) is 11.8. The van der Waals surface area contributed by atoms with Gasteiger partial charge in [0.2, 0.25) is 5.91 Å². The summed E-state index contributed by atoms with van der Waals surface area (Å²) in [5.41, 5.74) is 2.01. The number of hydrogen-bond acceptors (Lipinski definition) is 5. The molecule has 3 aromatic rings. The third kappa shape index (κ3) is 6.71. The van der Waals surface area contributed by atoms with Gasteiger partial charge < -0.3 is 14.8 Å². The molecule has 33 heavy (non-hydrogen) atoms. The highest BCUT2D eigenvalue weighted by Crippen LogP contribution is 2.30. The number of carbonyl (C=O) groups excluding carboxylic acids is 1. The topological polar surface area (TPSA) is 89.1 Å². The fourth-order valence-electron chi connectivity index (χ4n) is 3.06. The highest BCUT2D eigenvalue weighted by Gasteiger charge is 2.29. The first-order valence-electron chi connectivity index (χ1n) is 10.3. The summed E-state index contributed by atoms with van der Waals surface area (Å²) in [6.45, 7) is 2.60. The molecule has 2 N–H and O–H groups in total. The van der Waals surface area contributed by atoms with Gasteiger partial charge in [0, 0.05) is 17.9 Å². The Labute approximate surface area is 189 Å². The van der Waals surface area contributed by atoms with Gasteiger partial charge in [-0.2, -0.15) is 18.3 Å². The molecule has 2 aromatic carbocycles. The van der Waals surface area contributed by atoms with Crippen LogP contribution in [0.2, 0.25) is 0 Å². The summed E-state index contributed by atoms with van der Waals surface area (Å²) in [4.78, 5) is 17.1. The van der Waals surface area contributed by atoms with Gasteiger partial charge in [-0.05, 0) is 36.2 Å². The molecule has 0 atom stereocenters. The highest BCUT2D eigenvalue weighted by molar-refractivity contribution is 5.94. The molecule has 1 amide bonds. The highest BCUT2D eigenvalue weighted by atomic mass is 19.4. The number of carbonyl (C=O) groups is 1. The van der Waals surface area contributed by atoms with Crippen LogP contribution >= 0.6 is 0 Å². The van der Waals surface area contributed by atoms with Gasteiger partial charge in [-0.1, -0.05) is 32.0 Å². The molecule has 0 bridgehead atoms. The number of alkyl halides is 3. The van der Waals surface area contributed by atoms with Gasteiger partial charge in [0.15, 0.2) is 23.9 Å². The zero-order valence-electron chi connectivity index (χ0n) is 18.5. The van der Waals surface area contributed by atoms with Gasteiger partial charge in [0.05, 0.1) is 12.8 Å². The van der Waals surface area contributed by atoms with Crippen molar-refractivity contribution in [3.63, 3.8) is 0 Å². The zero-order chi connectivity index (χ0) is 24.0. The van der Waals surface area contributed by atoms with Crippen molar-refractivity contribution in [2.24, 2.45) is 0 Å². The van der Waals surface area contributed by atoms with Gasteiger partial charge in [-0.3, -0.25) is 9.89 Å². The van der Waals surface area contributed by atoms with Gasteiger partial charge in [-0.15, -0.1) is 0 Å². The summed E-state index contributed by atoms with van der Waals surface area (Å²) < 4.78 is 47.1. The van der Waals surface area contributed by atoms with Crippen molar-refractivity contribution >= 4 is 11.6 Å². The second-order valence-corrected chi connectivity index (χ2v) is 7.68. The lowest BCUT2D eigenvalue weighted by Crippen LogP contribution is -2.19. The molecular weight excluding hydrogens is 437 g/mol. The summed E-state index contributed by atoms with van der Waals surface area (Å²) in [5, 5.41) is 10.0. The third-order valence-electron chi connectivity index (χ3n) is 4.75. The van der Waals surface area contributed by atoms with E-state index in [9.17, 15) is 18.0 Å². The van der Waals surface area contributed by atoms with Crippen LogP contribution in [0.25, 0.3) is 11.4 Å². The number of halogens is 3. The van der Waals surface area contributed by atoms with E-state index in [1.807, 2.05) is 26.0 Å². The van der Waals surface area contributed by atoms with E-state index in [1.54, 1.807) is 24.3 Å². The van der Waals surface area contributed by atoms with Crippen LogP contribution in [0, 0.1) is 0 Å². The first-order chi connectivity index (χ1) is 15.7. The molecule has 0 fully saturated rings. The Bertz CT molecular complexity index is 1100. The van der Waals surface area contributed by atoms with Crippen LogP contribution in [0.15, 0.2) is 42.5 Å². The van der Waals surface area contributed by atoms with Crippen LogP contribution < -0.4 is 14.8 Å². The number of nitrogens with one attached hydrogen (secondary N) is 2. The average Bonchev–Trinajstić information content (AvgIpc) is 3.27. The first-order valence-corrected chi connectivity index (χ1v) is 10.3. The molecule has 1 heterocycles. The molecule has 176 valence electrons. The van der Waals surface area contributed by atoms with E-state index in [4.69, 9.17) is 9.47 Å². The Kier molecular flexibility index (Phi) is 7.57. The van der Waals surface area contributed by atoms with Crippen molar-refractivity contribution in [2.45, 2.75) is 38.8 Å². The molecule has 0 radical (unpaired) electrons. The Balaban J connectivity index is 1.64. The number of para-hydroxylation sites is 1. The van der Waals surface area contributed by atoms with Gasteiger partial charge in [0.1, 0.15) is 5.82 Å². The van der Waals surface area contributed by atoms with E-state index < -0.39 is 12.8 Å². The summed E-state index contributed by atoms with van der Waals surface area (Å²) >= 11 is 0. The molecule has 0 spiro atoms. The van der Waals surface area contributed by atoms with Gasteiger partial charge in [0.25, 0.3) is 0 Å². The van der Waals surface area contributed by atoms with Crippen LogP contribution in [-0.4, -0.2) is 41.0 Å². The molecular formula is C23H25F3N4O3. The van der Waals surface area contributed by atoms with E-state index in [1.165, 1.54) is 13.2 Å². The van der Waals surface area contributed by atoms with Gasteiger partial charge >= 0.3 is 6.18 Å². The lowest BCUT2D eigenvalue weighted by molar-refractivity contribution is -0.153. The van der Waals surface area contributed by atoms with Crippen molar-refractivity contribution in [2.75, 3.05) is 19.0 Å². The number of H-pyrrole nitrogens is 1. The van der Waals surface area contributed by atoms with E-state index >= 15 is 0 Å². The second kappa shape index (κ2) is 10.4. The second-order valence-electron chi connectivity index (χ2n) is 7.68. The quantitative estimate of drug-likeness (QED) is 0.461. The number of benzene rings is 2. The smallest absolute Gasteiger partial charge is 0.422 e. The number of aromatic nitrogens is 3. The molecule has 0 unspecified atom stereocenters. The lowest BCUT2D eigenvalue weighted by Gasteiger charge is -2.14. The minimum Gasteiger partial charge on any atom is -0.493 e. The van der Waals surface area contributed by atoms with E-state index in [0.717, 1.165) is 11.4 Å². The van der Waals surface area contributed by atoms with Crippen molar-refractivity contribution in [1.82, 2.24) is 15.2 Å². The monoisotopic (exact) mass is 462 g/mol. The van der Waals surface area contributed by atoms with Crippen molar-refractivity contribution in [3.8, 4) is 22.9 Å². The molecule has 0 aliphatic carbocycles. The van der Waals surface area contributed by atoms with Gasteiger partial charge in [-0.25, -0.2) is 4.98 Å².